The molecule has 6 nitrogen and oxygen atoms in total. The zero-order valence-corrected chi connectivity index (χ0v) is 10.2. The highest BCUT2D eigenvalue weighted by Gasteiger charge is 2.08. The van der Waals surface area contributed by atoms with E-state index >= 15 is 0 Å². The highest BCUT2D eigenvalue weighted by Crippen LogP contribution is 2.26. The number of aliphatic hydroxyl groups excluding tert-OH is 1. The molecule has 0 saturated heterocycles. The predicted octanol–water partition coefficient (Wildman–Crippen LogP) is 2.58. The van der Waals surface area contributed by atoms with Crippen molar-refractivity contribution < 1.29 is 14.8 Å². The van der Waals surface area contributed by atoms with Crippen molar-refractivity contribution in [1.82, 2.24) is 4.98 Å². The van der Waals surface area contributed by atoms with E-state index in [-0.39, 0.29) is 12.3 Å². The SMILES string of the molecule is Cc1ccc(Oc2ccc([N+](=O)[O-])cc2)c(CO)n1. The number of hydrogen-bond acceptors (Lipinski definition) is 5. The Balaban J connectivity index is 2.23. The number of aryl methyl sites for hydroxylation is 1. The molecule has 0 unspecified atom stereocenters. The van der Waals surface area contributed by atoms with Crippen molar-refractivity contribution in [2.24, 2.45) is 0 Å². The molecule has 1 aromatic heterocycles. The third-order valence-corrected chi connectivity index (χ3v) is 2.50. The summed E-state index contributed by atoms with van der Waals surface area (Å²) in [4.78, 5) is 14.2. The lowest BCUT2D eigenvalue weighted by Crippen LogP contribution is -1.97. The summed E-state index contributed by atoms with van der Waals surface area (Å²) in [5.74, 6) is 0.882. The van der Waals surface area contributed by atoms with Gasteiger partial charge in [-0.2, -0.15) is 0 Å². The lowest BCUT2D eigenvalue weighted by Gasteiger charge is -2.09. The highest BCUT2D eigenvalue weighted by molar-refractivity contribution is 5.39. The van der Waals surface area contributed by atoms with Crippen LogP contribution in [0.5, 0.6) is 11.5 Å². The van der Waals surface area contributed by atoms with E-state index < -0.39 is 4.92 Å². The van der Waals surface area contributed by atoms with E-state index in [9.17, 15) is 15.2 Å². The molecule has 2 aromatic rings. The van der Waals surface area contributed by atoms with Crippen LogP contribution >= 0.6 is 0 Å². The van der Waals surface area contributed by atoms with Crippen molar-refractivity contribution in [2.75, 3.05) is 0 Å². The number of nitrogens with zero attached hydrogens (tertiary/aromatic N) is 2. The molecule has 0 aliphatic carbocycles. The molecule has 6 heteroatoms. The molecule has 1 aromatic carbocycles. The van der Waals surface area contributed by atoms with Gasteiger partial charge in [-0.1, -0.05) is 0 Å². The van der Waals surface area contributed by atoms with Gasteiger partial charge in [-0.3, -0.25) is 15.1 Å². The minimum atomic E-state index is -0.476. The fourth-order valence-corrected chi connectivity index (χ4v) is 1.57. The summed E-state index contributed by atoms with van der Waals surface area (Å²) in [6.07, 6.45) is 0. The number of ether oxygens (including phenoxy) is 1. The van der Waals surface area contributed by atoms with E-state index in [0.717, 1.165) is 5.69 Å². The quantitative estimate of drug-likeness (QED) is 0.674. The first kappa shape index (κ1) is 13.0. The molecule has 0 fully saturated rings. The van der Waals surface area contributed by atoms with Crippen molar-refractivity contribution >= 4 is 5.69 Å². The first-order chi connectivity index (χ1) is 9.10. The molecule has 0 spiro atoms. The molecular formula is C13H12N2O4. The van der Waals surface area contributed by atoms with Crippen LogP contribution in [0.25, 0.3) is 0 Å². The number of nitro groups is 1. The molecular weight excluding hydrogens is 248 g/mol. The van der Waals surface area contributed by atoms with Crippen molar-refractivity contribution in [2.45, 2.75) is 13.5 Å². The Kier molecular flexibility index (Phi) is 3.72. The summed E-state index contributed by atoms with van der Waals surface area (Å²) in [6.45, 7) is 1.58. The Bertz CT molecular complexity index is 596. The monoisotopic (exact) mass is 260 g/mol. The van der Waals surface area contributed by atoms with Gasteiger partial charge in [0.15, 0.2) is 5.75 Å². The number of rotatable bonds is 4. The minimum Gasteiger partial charge on any atom is -0.455 e. The first-order valence-electron chi connectivity index (χ1n) is 5.60. The van der Waals surface area contributed by atoms with E-state index in [1.165, 1.54) is 24.3 Å². The molecule has 0 atom stereocenters. The van der Waals surface area contributed by atoms with Gasteiger partial charge in [-0.05, 0) is 31.2 Å². The molecule has 2 rings (SSSR count). The lowest BCUT2D eigenvalue weighted by molar-refractivity contribution is -0.384. The van der Waals surface area contributed by atoms with Crippen LogP contribution in [0, 0.1) is 17.0 Å². The van der Waals surface area contributed by atoms with E-state index in [4.69, 9.17) is 4.74 Å². The lowest BCUT2D eigenvalue weighted by atomic mass is 10.3. The number of aliphatic hydroxyl groups is 1. The van der Waals surface area contributed by atoms with Crippen LogP contribution in [-0.4, -0.2) is 15.0 Å². The van der Waals surface area contributed by atoms with Crippen LogP contribution in [0.3, 0.4) is 0 Å². The molecule has 1 N–H and O–H groups in total. The van der Waals surface area contributed by atoms with Crippen molar-refractivity contribution in [3.8, 4) is 11.5 Å². The maximum atomic E-state index is 10.5. The fourth-order valence-electron chi connectivity index (χ4n) is 1.57. The van der Waals surface area contributed by atoms with Gasteiger partial charge in [0.1, 0.15) is 11.4 Å². The molecule has 0 bridgehead atoms. The topological polar surface area (TPSA) is 85.5 Å². The fraction of sp³-hybridized carbons (Fsp3) is 0.154. The highest BCUT2D eigenvalue weighted by atomic mass is 16.6. The standard InChI is InChI=1S/C13H12N2O4/c1-9-2-7-13(12(8-16)14-9)19-11-5-3-10(4-6-11)15(17)18/h2-7,16H,8H2,1H3. The number of benzene rings is 1. The Morgan fingerprint density at radius 2 is 1.95 bits per heavy atom. The molecule has 0 aliphatic heterocycles. The van der Waals surface area contributed by atoms with Gasteiger partial charge >= 0.3 is 0 Å². The zero-order chi connectivity index (χ0) is 13.8. The Morgan fingerprint density at radius 3 is 2.53 bits per heavy atom. The van der Waals surface area contributed by atoms with Gasteiger partial charge in [0, 0.05) is 17.8 Å². The largest absolute Gasteiger partial charge is 0.455 e. The third-order valence-electron chi connectivity index (χ3n) is 2.50. The molecule has 0 saturated carbocycles. The predicted molar refractivity (Wildman–Crippen MR) is 68.1 cm³/mol. The average molecular weight is 260 g/mol. The van der Waals surface area contributed by atoms with Crippen LogP contribution in [0.15, 0.2) is 36.4 Å². The second-order valence-electron chi connectivity index (χ2n) is 3.91. The first-order valence-corrected chi connectivity index (χ1v) is 5.60. The van der Waals surface area contributed by atoms with E-state index in [1.807, 2.05) is 6.92 Å². The number of hydrogen-bond donors (Lipinski definition) is 1. The second-order valence-corrected chi connectivity index (χ2v) is 3.91. The van der Waals surface area contributed by atoms with Crippen molar-refractivity contribution in [1.29, 1.82) is 0 Å². The number of non-ortho nitro benzene ring substituents is 1. The maximum absolute atomic E-state index is 10.5. The third kappa shape index (κ3) is 3.05. The number of pyridine rings is 1. The second kappa shape index (κ2) is 5.45. The molecule has 0 aliphatic rings. The van der Waals surface area contributed by atoms with E-state index in [0.29, 0.717) is 17.2 Å². The Labute approximate surface area is 109 Å². The molecule has 98 valence electrons. The van der Waals surface area contributed by atoms with Gasteiger partial charge < -0.3 is 9.84 Å². The summed E-state index contributed by atoms with van der Waals surface area (Å²) in [5.41, 5.74) is 1.20. The smallest absolute Gasteiger partial charge is 0.269 e. The number of nitro benzene ring substituents is 1. The van der Waals surface area contributed by atoms with Crippen LogP contribution in [0.2, 0.25) is 0 Å². The van der Waals surface area contributed by atoms with Crippen LogP contribution in [-0.2, 0) is 6.61 Å². The summed E-state index contributed by atoms with van der Waals surface area (Å²) >= 11 is 0. The Morgan fingerprint density at radius 1 is 1.26 bits per heavy atom. The van der Waals surface area contributed by atoms with E-state index in [1.54, 1.807) is 12.1 Å². The maximum Gasteiger partial charge on any atom is 0.269 e. The molecule has 1 heterocycles. The molecule has 19 heavy (non-hydrogen) atoms. The summed E-state index contributed by atoms with van der Waals surface area (Å²) in [7, 11) is 0. The molecule has 0 radical (unpaired) electrons. The normalized spacial score (nSPS) is 10.2. The van der Waals surface area contributed by atoms with Crippen molar-refractivity contribution in [3.63, 3.8) is 0 Å². The molecule has 0 amide bonds. The zero-order valence-electron chi connectivity index (χ0n) is 10.2. The van der Waals surface area contributed by atoms with Crippen molar-refractivity contribution in [3.05, 3.63) is 57.9 Å². The Hall–Kier alpha value is -2.47. The average Bonchev–Trinajstić information content (AvgIpc) is 2.41. The summed E-state index contributed by atoms with van der Waals surface area (Å²) in [5, 5.41) is 19.7. The summed E-state index contributed by atoms with van der Waals surface area (Å²) < 4.78 is 5.55. The van der Waals surface area contributed by atoms with Gasteiger partial charge in [0.25, 0.3) is 5.69 Å². The van der Waals surface area contributed by atoms with Crippen LogP contribution < -0.4 is 4.74 Å². The minimum absolute atomic E-state index is 0.00300. The van der Waals surface area contributed by atoms with Crippen LogP contribution in [0.1, 0.15) is 11.4 Å². The number of aromatic nitrogens is 1. The van der Waals surface area contributed by atoms with Gasteiger partial charge in [0.05, 0.1) is 11.5 Å². The van der Waals surface area contributed by atoms with Gasteiger partial charge in [-0.25, -0.2) is 0 Å². The van der Waals surface area contributed by atoms with Gasteiger partial charge in [-0.15, -0.1) is 0 Å². The van der Waals surface area contributed by atoms with Gasteiger partial charge in [0.2, 0.25) is 0 Å². The van der Waals surface area contributed by atoms with E-state index in [2.05, 4.69) is 4.98 Å². The summed E-state index contributed by atoms with van der Waals surface area (Å²) in [6, 6.07) is 9.18. The van der Waals surface area contributed by atoms with Crippen LogP contribution in [0.4, 0.5) is 5.69 Å².